The lowest BCUT2D eigenvalue weighted by Gasteiger charge is -2.09. The summed E-state index contributed by atoms with van der Waals surface area (Å²) < 4.78 is 2.12. The fourth-order valence-electron chi connectivity index (χ4n) is 1.79. The molecule has 1 aromatic heterocycles. The van der Waals surface area contributed by atoms with Gasteiger partial charge in [0.05, 0.1) is 0 Å². The molecule has 0 saturated heterocycles. The molecule has 16 heavy (non-hydrogen) atoms. The van der Waals surface area contributed by atoms with Crippen LogP contribution in [0.25, 0.3) is 5.69 Å². The molecule has 2 rings (SSSR count). The lowest BCUT2D eigenvalue weighted by Crippen LogP contribution is -2.01. The van der Waals surface area contributed by atoms with E-state index >= 15 is 0 Å². The first kappa shape index (κ1) is 10.7. The van der Waals surface area contributed by atoms with Crippen molar-refractivity contribution in [2.45, 2.75) is 26.7 Å². The van der Waals surface area contributed by atoms with E-state index in [1.165, 1.54) is 0 Å². The number of benzene rings is 1. The minimum Gasteiger partial charge on any atom is -0.399 e. The first-order valence-electron chi connectivity index (χ1n) is 5.61. The summed E-state index contributed by atoms with van der Waals surface area (Å²) in [5.74, 6) is 1.10. The highest BCUT2D eigenvalue weighted by atomic mass is 15.1. The maximum atomic E-state index is 5.81. The maximum absolute atomic E-state index is 5.81. The average Bonchev–Trinajstić information content (AvgIpc) is 2.71. The van der Waals surface area contributed by atoms with Crippen molar-refractivity contribution < 1.29 is 0 Å². The minimum atomic E-state index is 0.834. The molecule has 2 N–H and O–H groups in total. The van der Waals surface area contributed by atoms with E-state index in [1.807, 2.05) is 31.5 Å². The predicted octanol–water partition coefficient (Wildman–Crippen LogP) is 2.72. The second-order valence-electron chi connectivity index (χ2n) is 4.00. The molecule has 0 spiro atoms. The van der Waals surface area contributed by atoms with Crippen molar-refractivity contribution in [3.63, 3.8) is 0 Å². The Kier molecular flexibility index (Phi) is 2.95. The van der Waals surface area contributed by atoms with Gasteiger partial charge in [-0.25, -0.2) is 4.98 Å². The first-order chi connectivity index (χ1) is 7.72. The Bertz CT molecular complexity index is 486. The number of imidazole rings is 1. The van der Waals surface area contributed by atoms with E-state index in [-0.39, 0.29) is 0 Å². The van der Waals surface area contributed by atoms with Crippen LogP contribution >= 0.6 is 0 Å². The topological polar surface area (TPSA) is 43.8 Å². The van der Waals surface area contributed by atoms with Crippen LogP contribution in [-0.4, -0.2) is 9.55 Å². The number of rotatable bonds is 3. The van der Waals surface area contributed by atoms with Crippen molar-refractivity contribution in [3.8, 4) is 5.69 Å². The van der Waals surface area contributed by atoms with Crippen LogP contribution in [-0.2, 0) is 6.42 Å². The number of aryl methyl sites for hydroxylation is 2. The van der Waals surface area contributed by atoms with Crippen LogP contribution in [0.2, 0.25) is 0 Å². The van der Waals surface area contributed by atoms with Crippen molar-refractivity contribution in [2.75, 3.05) is 5.73 Å². The van der Waals surface area contributed by atoms with Gasteiger partial charge in [-0.1, -0.05) is 6.92 Å². The molecule has 0 aliphatic heterocycles. The van der Waals surface area contributed by atoms with Crippen molar-refractivity contribution in [1.29, 1.82) is 0 Å². The van der Waals surface area contributed by atoms with Gasteiger partial charge < -0.3 is 10.3 Å². The van der Waals surface area contributed by atoms with Gasteiger partial charge in [0.2, 0.25) is 0 Å². The second kappa shape index (κ2) is 4.39. The Hall–Kier alpha value is -1.77. The molecule has 0 aliphatic rings. The molecule has 0 fully saturated rings. The van der Waals surface area contributed by atoms with Crippen molar-refractivity contribution >= 4 is 5.69 Å². The van der Waals surface area contributed by atoms with E-state index in [1.54, 1.807) is 0 Å². The van der Waals surface area contributed by atoms with Crippen LogP contribution in [0.4, 0.5) is 5.69 Å². The van der Waals surface area contributed by atoms with Crippen molar-refractivity contribution in [3.05, 3.63) is 42.0 Å². The highest BCUT2D eigenvalue weighted by Crippen LogP contribution is 2.17. The monoisotopic (exact) mass is 215 g/mol. The van der Waals surface area contributed by atoms with Gasteiger partial charge in [-0.3, -0.25) is 0 Å². The Morgan fingerprint density at radius 2 is 2.19 bits per heavy atom. The number of nitrogens with zero attached hydrogens (tertiary/aromatic N) is 2. The standard InChI is InChI=1S/C13H17N3/c1-3-4-13-15-7-8-16(13)11-5-6-12(14)10(2)9-11/h5-9H,3-4,14H2,1-2H3. The molecule has 1 heterocycles. The van der Waals surface area contributed by atoms with Gasteiger partial charge in [-0.05, 0) is 37.1 Å². The SMILES string of the molecule is CCCc1nccn1-c1ccc(N)c(C)c1. The quantitative estimate of drug-likeness (QED) is 0.800. The molecule has 0 aliphatic carbocycles. The maximum Gasteiger partial charge on any atom is 0.113 e. The van der Waals surface area contributed by atoms with E-state index in [9.17, 15) is 0 Å². The molecule has 0 amide bonds. The van der Waals surface area contributed by atoms with Crippen LogP contribution in [0.15, 0.2) is 30.6 Å². The highest BCUT2D eigenvalue weighted by Gasteiger charge is 2.04. The van der Waals surface area contributed by atoms with Gasteiger partial charge in [-0.2, -0.15) is 0 Å². The normalized spacial score (nSPS) is 10.6. The van der Waals surface area contributed by atoms with Gasteiger partial charge in [0.1, 0.15) is 5.82 Å². The molecule has 0 atom stereocenters. The summed E-state index contributed by atoms with van der Waals surface area (Å²) in [6.07, 6.45) is 5.94. The molecule has 0 unspecified atom stereocenters. The van der Waals surface area contributed by atoms with Gasteiger partial charge in [0.25, 0.3) is 0 Å². The third-order valence-corrected chi connectivity index (χ3v) is 2.72. The largest absolute Gasteiger partial charge is 0.399 e. The summed E-state index contributed by atoms with van der Waals surface area (Å²) >= 11 is 0. The Labute approximate surface area is 95.9 Å². The number of aromatic nitrogens is 2. The smallest absolute Gasteiger partial charge is 0.113 e. The minimum absolute atomic E-state index is 0.834. The Morgan fingerprint density at radius 3 is 2.88 bits per heavy atom. The summed E-state index contributed by atoms with van der Waals surface area (Å²) in [6, 6.07) is 6.07. The fraction of sp³-hybridized carbons (Fsp3) is 0.308. The number of anilines is 1. The number of hydrogen-bond acceptors (Lipinski definition) is 2. The molecule has 3 heteroatoms. The van der Waals surface area contributed by atoms with Crippen LogP contribution in [0.5, 0.6) is 0 Å². The van der Waals surface area contributed by atoms with Crippen LogP contribution in [0, 0.1) is 6.92 Å². The molecule has 84 valence electrons. The van der Waals surface area contributed by atoms with Crippen LogP contribution < -0.4 is 5.73 Å². The third-order valence-electron chi connectivity index (χ3n) is 2.72. The van der Waals surface area contributed by atoms with Crippen molar-refractivity contribution in [2.24, 2.45) is 0 Å². The van der Waals surface area contributed by atoms with Crippen LogP contribution in [0.1, 0.15) is 24.7 Å². The Morgan fingerprint density at radius 1 is 1.38 bits per heavy atom. The van der Waals surface area contributed by atoms with Gasteiger partial charge in [0, 0.05) is 30.2 Å². The molecule has 0 radical (unpaired) electrons. The van der Waals surface area contributed by atoms with E-state index in [2.05, 4.69) is 22.5 Å². The van der Waals surface area contributed by atoms with E-state index in [0.29, 0.717) is 0 Å². The molecular formula is C13H17N3. The van der Waals surface area contributed by atoms with Crippen LogP contribution in [0.3, 0.4) is 0 Å². The lowest BCUT2D eigenvalue weighted by molar-refractivity contribution is 0.809. The fourth-order valence-corrected chi connectivity index (χ4v) is 1.79. The summed E-state index contributed by atoms with van der Waals surface area (Å²) in [6.45, 7) is 4.18. The molecule has 1 aromatic carbocycles. The van der Waals surface area contributed by atoms with E-state index < -0.39 is 0 Å². The zero-order valence-corrected chi connectivity index (χ0v) is 9.77. The lowest BCUT2D eigenvalue weighted by atomic mass is 10.2. The molecule has 0 saturated carbocycles. The number of hydrogen-bond donors (Lipinski definition) is 1. The zero-order chi connectivity index (χ0) is 11.5. The predicted molar refractivity (Wildman–Crippen MR) is 66.7 cm³/mol. The van der Waals surface area contributed by atoms with Gasteiger partial charge >= 0.3 is 0 Å². The number of nitrogen functional groups attached to an aromatic ring is 1. The van der Waals surface area contributed by atoms with Crippen molar-refractivity contribution in [1.82, 2.24) is 9.55 Å². The summed E-state index contributed by atoms with van der Waals surface area (Å²) in [5, 5.41) is 0. The summed E-state index contributed by atoms with van der Waals surface area (Å²) in [4.78, 5) is 4.37. The average molecular weight is 215 g/mol. The second-order valence-corrected chi connectivity index (χ2v) is 4.00. The van der Waals surface area contributed by atoms with Gasteiger partial charge in [0.15, 0.2) is 0 Å². The Balaban J connectivity index is 2.42. The molecular weight excluding hydrogens is 198 g/mol. The van der Waals surface area contributed by atoms with E-state index in [0.717, 1.165) is 35.6 Å². The summed E-state index contributed by atoms with van der Waals surface area (Å²) in [7, 11) is 0. The van der Waals surface area contributed by atoms with E-state index in [4.69, 9.17) is 5.73 Å². The zero-order valence-electron chi connectivity index (χ0n) is 9.77. The van der Waals surface area contributed by atoms with Gasteiger partial charge in [-0.15, -0.1) is 0 Å². The molecule has 0 bridgehead atoms. The number of nitrogens with two attached hydrogens (primary N) is 1. The third kappa shape index (κ3) is 1.94. The summed E-state index contributed by atoms with van der Waals surface area (Å²) in [5.41, 5.74) is 8.89. The molecule has 3 nitrogen and oxygen atoms in total. The highest BCUT2D eigenvalue weighted by molar-refractivity contribution is 5.52. The first-order valence-corrected chi connectivity index (χ1v) is 5.61. The molecule has 2 aromatic rings.